The summed E-state index contributed by atoms with van der Waals surface area (Å²) in [5.74, 6) is -0.456. The molecular weight excluding hydrogens is 230 g/mol. The average Bonchev–Trinajstić information content (AvgIpc) is 2.61. The smallest absolute Gasteiger partial charge is 0.262 e. The fourth-order valence-corrected chi connectivity index (χ4v) is 2.38. The number of carbonyl (C=O) groups excluding carboxylic acids is 2. The van der Waals surface area contributed by atoms with Crippen molar-refractivity contribution in [2.24, 2.45) is 0 Å². The summed E-state index contributed by atoms with van der Waals surface area (Å²) in [6.45, 7) is 2.12. The molecule has 0 aromatic heterocycles. The predicted octanol–water partition coefficient (Wildman–Crippen LogP) is 2.16. The third-order valence-corrected chi connectivity index (χ3v) is 3.26. The molecule has 2 amide bonds. The third kappa shape index (κ3) is 1.26. The highest BCUT2D eigenvalue weighted by Crippen LogP contribution is 2.31. The molecule has 1 N–H and O–H groups in total. The van der Waals surface area contributed by atoms with Crippen LogP contribution in [0.1, 0.15) is 27.6 Å². The lowest BCUT2D eigenvalue weighted by Gasteiger charge is -2.09. The van der Waals surface area contributed by atoms with Gasteiger partial charge in [-0.15, -0.1) is 0 Å². The molecule has 0 saturated carbocycles. The van der Waals surface area contributed by atoms with E-state index in [-0.39, 0.29) is 17.6 Å². The second-order valence-electron chi connectivity index (χ2n) is 4.25. The molecule has 0 spiro atoms. The molecule has 1 aliphatic heterocycles. The number of benzene rings is 2. The summed E-state index contributed by atoms with van der Waals surface area (Å²) in [6, 6.07) is 8.28. The van der Waals surface area contributed by atoms with E-state index in [2.05, 4.69) is 0 Å². The quantitative estimate of drug-likeness (QED) is 0.778. The number of phenols is 1. The molecular formula is C14H11NO3. The largest absolute Gasteiger partial charge is 0.508 e. The highest BCUT2D eigenvalue weighted by atomic mass is 16.3. The van der Waals surface area contributed by atoms with E-state index in [1.165, 1.54) is 11.0 Å². The molecule has 0 aliphatic carbocycles. The molecule has 90 valence electrons. The monoisotopic (exact) mass is 241 g/mol. The van der Waals surface area contributed by atoms with Gasteiger partial charge < -0.3 is 5.11 Å². The van der Waals surface area contributed by atoms with Gasteiger partial charge in [0.2, 0.25) is 0 Å². The van der Waals surface area contributed by atoms with Gasteiger partial charge >= 0.3 is 0 Å². The van der Waals surface area contributed by atoms with Crippen molar-refractivity contribution in [3.63, 3.8) is 0 Å². The first-order chi connectivity index (χ1) is 8.63. The van der Waals surface area contributed by atoms with Crippen LogP contribution in [0.25, 0.3) is 10.8 Å². The first-order valence-electron chi connectivity index (χ1n) is 5.75. The Labute approximate surface area is 103 Å². The van der Waals surface area contributed by atoms with Crippen molar-refractivity contribution >= 4 is 22.6 Å². The maximum Gasteiger partial charge on any atom is 0.262 e. The topological polar surface area (TPSA) is 57.6 Å². The Morgan fingerprint density at radius 3 is 2.56 bits per heavy atom. The predicted molar refractivity (Wildman–Crippen MR) is 66.7 cm³/mol. The fourth-order valence-electron chi connectivity index (χ4n) is 2.38. The Morgan fingerprint density at radius 2 is 1.83 bits per heavy atom. The Kier molecular flexibility index (Phi) is 2.13. The van der Waals surface area contributed by atoms with Crippen LogP contribution in [0.5, 0.6) is 5.75 Å². The second-order valence-corrected chi connectivity index (χ2v) is 4.25. The molecule has 0 atom stereocenters. The zero-order valence-corrected chi connectivity index (χ0v) is 9.80. The van der Waals surface area contributed by atoms with Gasteiger partial charge in [-0.25, -0.2) is 0 Å². The van der Waals surface area contributed by atoms with Gasteiger partial charge in [-0.05, 0) is 35.9 Å². The lowest BCUT2D eigenvalue weighted by molar-refractivity contribution is 0.0663. The minimum atomic E-state index is -0.284. The van der Waals surface area contributed by atoms with E-state index in [4.69, 9.17) is 0 Å². The van der Waals surface area contributed by atoms with Crippen molar-refractivity contribution < 1.29 is 14.7 Å². The molecule has 2 aromatic rings. The molecule has 0 fully saturated rings. The standard InChI is InChI=1S/C14H11NO3/c1-2-15-13(17)10-6-4-8-3-5-9(16)7-11(8)12(10)14(15)18/h3-7,16H,2H2,1H3. The fraction of sp³-hybridized carbons (Fsp3) is 0.143. The van der Waals surface area contributed by atoms with Crippen molar-refractivity contribution in [1.82, 2.24) is 4.90 Å². The van der Waals surface area contributed by atoms with Crippen molar-refractivity contribution in [2.45, 2.75) is 6.92 Å². The van der Waals surface area contributed by atoms with Gasteiger partial charge in [0.1, 0.15) is 5.75 Å². The highest BCUT2D eigenvalue weighted by molar-refractivity contribution is 6.26. The van der Waals surface area contributed by atoms with Crippen LogP contribution in [0, 0.1) is 0 Å². The highest BCUT2D eigenvalue weighted by Gasteiger charge is 2.35. The van der Waals surface area contributed by atoms with E-state index in [1.54, 1.807) is 31.2 Å². The normalized spacial score (nSPS) is 14.4. The first kappa shape index (κ1) is 10.8. The van der Waals surface area contributed by atoms with Crippen LogP contribution in [0.2, 0.25) is 0 Å². The van der Waals surface area contributed by atoms with Crippen LogP contribution in [0.15, 0.2) is 30.3 Å². The van der Waals surface area contributed by atoms with Crippen LogP contribution in [0.4, 0.5) is 0 Å². The number of amides is 2. The van der Waals surface area contributed by atoms with Crippen molar-refractivity contribution in [3.05, 3.63) is 41.5 Å². The number of imide groups is 1. The van der Waals surface area contributed by atoms with Crippen LogP contribution in [0.3, 0.4) is 0 Å². The van der Waals surface area contributed by atoms with E-state index < -0.39 is 0 Å². The Morgan fingerprint density at radius 1 is 1.11 bits per heavy atom. The summed E-state index contributed by atoms with van der Waals surface area (Å²) in [6.07, 6.45) is 0. The van der Waals surface area contributed by atoms with Gasteiger partial charge in [0, 0.05) is 6.54 Å². The van der Waals surface area contributed by atoms with Gasteiger partial charge in [0.25, 0.3) is 11.8 Å². The minimum Gasteiger partial charge on any atom is -0.508 e. The molecule has 2 aromatic carbocycles. The van der Waals surface area contributed by atoms with Crippen LogP contribution < -0.4 is 0 Å². The molecule has 4 heteroatoms. The average molecular weight is 241 g/mol. The minimum absolute atomic E-state index is 0.0890. The number of hydrogen-bond donors (Lipinski definition) is 1. The molecule has 3 rings (SSSR count). The lowest BCUT2D eigenvalue weighted by atomic mass is 10.0. The van der Waals surface area contributed by atoms with E-state index in [9.17, 15) is 14.7 Å². The van der Waals surface area contributed by atoms with Crippen LogP contribution in [-0.2, 0) is 0 Å². The van der Waals surface area contributed by atoms with E-state index in [0.717, 1.165) is 5.39 Å². The van der Waals surface area contributed by atoms with Crippen LogP contribution in [-0.4, -0.2) is 28.4 Å². The number of phenolic OH excluding ortho intramolecular Hbond substituents is 1. The van der Waals surface area contributed by atoms with Gasteiger partial charge in [0.05, 0.1) is 11.1 Å². The van der Waals surface area contributed by atoms with E-state index >= 15 is 0 Å². The number of hydrogen-bond acceptors (Lipinski definition) is 3. The van der Waals surface area contributed by atoms with Gasteiger partial charge in [-0.2, -0.15) is 0 Å². The number of fused-ring (bicyclic) bond motifs is 3. The maximum atomic E-state index is 12.2. The van der Waals surface area contributed by atoms with E-state index in [0.29, 0.717) is 23.1 Å². The molecule has 1 heterocycles. The van der Waals surface area contributed by atoms with Crippen LogP contribution >= 0.6 is 0 Å². The van der Waals surface area contributed by atoms with Gasteiger partial charge in [-0.1, -0.05) is 12.1 Å². The first-order valence-corrected chi connectivity index (χ1v) is 5.75. The molecule has 0 saturated heterocycles. The maximum absolute atomic E-state index is 12.2. The van der Waals surface area contributed by atoms with E-state index in [1.807, 2.05) is 0 Å². The van der Waals surface area contributed by atoms with Gasteiger partial charge in [-0.3, -0.25) is 14.5 Å². The third-order valence-electron chi connectivity index (χ3n) is 3.26. The Hall–Kier alpha value is -2.36. The summed E-state index contributed by atoms with van der Waals surface area (Å²) in [4.78, 5) is 25.4. The molecule has 0 bridgehead atoms. The Bertz CT molecular complexity index is 691. The summed E-state index contributed by atoms with van der Waals surface area (Å²) < 4.78 is 0. The summed E-state index contributed by atoms with van der Waals surface area (Å²) in [5.41, 5.74) is 0.815. The van der Waals surface area contributed by atoms with Crippen molar-refractivity contribution in [3.8, 4) is 5.75 Å². The zero-order chi connectivity index (χ0) is 12.9. The Balaban J connectivity index is 2.38. The number of nitrogens with zero attached hydrogens (tertiary/aromatic N) is 1. The molecule has 0 unspecified atom stereocenters. The lowest BCUT2D eigenvalue weighted by Crippen LogP contribution is -2.29. The molecule has 1 aliphatic rings. The number of carbonyl (C=O) groups is 2. The summed E-state index contributed by atoms with van der Waals surface area (Å²) in [5, 5.41) is 11.0. The number of rotatable bonds is 1. The zero-order valence-electron chi connectivity index (χ0n) is 9.80. The molecule has 0 radical (unpaired) electrons. The van der Waals surface area contributed by atoms with Crippen molar-refractivity contribution in [1.29, 1.82) is 0 Å². The second kappa shape index (κ2) is 3.57. The van der Waals surface area contributed by atoms with Crippen molar-refractivity contribution in [2.75, 3.05) is 6.54 Å². The number of aromatic hydroxyl groups is 1. The molecule has 4 nitrogen and oxygen atoms in total. The SMILES string of the molecule is CCN1C(=O)c2ccc3ccc(O)cc3c2C1=O. The summed E-state index contributed by atoms with van der Waals surface area (Å²) in [7, 11) is 0. The van der Waals surface area contributed by atoms with Gasteiger partial charge in [0.15, 0.2) is 0 Å². The summed E-state index contributed by atoms with van der Waals surface area (Å²) >= 11 is 0. The molecule has 18 heavy (non-hydrogen) atoms.